The Morgan fingerprint density at radius 2 is 1.86 bits per heavy atom. The molecule has 3 aromatic heterocycles. The minimum absolute atomic E-state index is 0.156. The molecular weight excluding hydrogens is 377 g/mol. The molecule has 0 radical (unpaired) electrons. The molecule has 0 aliphatic heterocycles. The van der Waals surface area contributed by atoms with Crippen LogP contribution in [0.1, 0.15) is 0 Å². The number of aromatic nitrogens is 6. The van der Waals surface area contributed by atoms with Crippen molar-refractivity contribution in [2.75, 3.05) is 0 Å². The van der Waals surface area contributed by atoms with Gasteiger partial charge in [0.2, 0.25) is 0 Å². The largest absolute Gasteiger partial charge is 0.406 e. The van der Waals surface area contributed by atoms with Crippen molar-refractivity contribution in [2.24, 2.45) is 7.05 Å². The van der Waals surface area contributed by atoms with E-state index in [9.17, 15) is 22.8 Å². The van der Waals surface area contributed by atoms with Crippen LogP contribution in [0.4, 0.5) is 13.2 Å². The standard InChI is InChI=1S/C17H13F3N6O2/c1-23-15(27)24(10-17(18,19)20)16(28)26(23)12-4-5-14-11(7-12)9-25(22-14)13-3-2-6-21-8-13/h2-9H,10H2,1H3. The van der Waals surface area contributed by atoms with Crippen molar-refractivity contribution in [3.63, 3.8) is 0 Å². The topological polar surface area (TPSA) is 79.6 Å². The first-order valence-electron chi connectivity index (χ1n) is 8.10. The Kier molecular flexibility index (Phi) is 3.95. The lowest BCUT2D eigenvalue weighted by molar-refractivity contribution is -0.141. The van der Waals surface area contributed by atoms with E-state index in [1.165, 1.54) is 13.1 Å². The summed E-state index contributed by atoms with van der Waals surface area (Å²) in [6.45, 7) is -1.65. The van der Waals surface area contributed by atoms with E-state index in [0.717, 1.165) is 15.1 Å². The Labute approximate surface area is 154 Å². The molecule has 28 heavy (non-hydrogen) atoms. The highest BCUT2D eigenvalue weighted by atomic mass is 19.4. The summed E-state index contributed by atoms with van der Waals surface area (Å²) in [7, 11) is 1.24. The minimum Gasteiger partial charge on any atom is -0.262 e. The zero-order chi connectivity index (χ0) is 20.1. The number of rotatable bonds is 3. The normalized spacial score (nSPS) is 12.0. The van der Waals surface area contributed by atoms with Gasteiger partial charge in [0, 0.05) is 24.8 Å². The van der Waals surface area contributed by atoms with E-state index < -0.39 is 24.1 Å². The summed E-state index contributed by atoms with van der Waals surface area (Å²) >= 11 is 0. The van der Waals surface area contributed by atoms with Crippen molar-refractivity contribution < 1.29 is 13.2 Å². The molecule has 144 valence electrons. The van der Waals surface area contributed by atoms with Crippen LogP contribution >= 0.6 is 0 Å². The van der Waals surface area contributed by atoms with Crippen LogP contribution in [0, 0.1) is 0 Å². The molecule has 3 heterocycles. The van der Waals surface area contributed by atoms with Gasteiger partial charge in [-0.2, -0.15) is 23.0 Å². The SMILES string of the molecule is Cn1c(=O)n(CC(F)(F)F)c(=O)n1-c1ccc2nn(-c3cccnc3)cc2c1. The Morgan fingerprint density at radius 1 is 1.07 bits per heavy atom. The molecule has 0 spiro atoms. The van der Waals surface area contributed by atoms with Gasteiger partial charge in [-0.05, 0) is 30.3 Å². The third-order valence-corrected chi connectivity index (χ3v) is 4.20. The lowest BCUT2D eigenvalue weighted by Crippen LogP contribution is -2.34. The van der Waals surface area contributed by atoms with Crippen LogP contribution in [0.2, 0.25) is 0 Å². The smallest absolute Gasteiger partial charge is 0.262 e. The Balaban J connectivity index is 1.83. The summed E-state index contributed by atoms with van der Waals surface area (Å²) in [6.07, 6.45) is 0.268. The van der Waals surface area contributed by atoms with Crippen molar-refractivity contribution >= 4 is 10.9 Å². The van der Waals surface area contributed by atoms with Crippen molar-refractivity contribution in [1.82, 2.24) is 28.7 Å². The fourth-order valence-corrected chi connectivity index (χ4v) is 2.95. The fourth-order valence-electron chi connectivity index (χ4n) is 2.95. The molecule has 11 heteroatoms. The maximum Gasteiger partial charge on any atom is 0.406 e. The van der Waals surface area contributed by atoms with Crippen LogP contribution < -0.4 is 11.4 Å². The predicted octanol–water partition coefficient (Wildman–Crippen LogP) is 1.63. The van der Waals surface area contributed by atoms with E-state index in [2.05, 4.69) is 10.1 Å². The third kappa shape index (κ3) is 3.00. The second-order valence-corrected chi connectivity index (χ2v) is 6.13. The highest BCUT2D eigenvalue weighted by molar-refractivity contribution is 5.80. The monoisotopic (exact) mass is 390 g/mol. The summed E-state index contributed by atoms with van der Waals surface area (Å²) in [5.41, 5.74) is -0.525. The van der Waals surface area contributed by atoms with Gasteiger partial charge in [0.05, 0.1) is 23.1 Å². The van der Waals surface area contributed by atoms with E-state index >= 15 is 0 Å². The molecule has 0 atom stereocenters. The van der Waals surface area contributed by atoms with Crippen LogP contribution in [0.25, 0.3) is 22.3 Å². The van der Waals surface area contributed by atoms with Gasteiger partial charge in [0.1, 0.15) is 6.54 Å². The van der Waals surface area contributed by atoms with Crippen LogP contribution in [-0.4, -0.2) is 34.9 Å². The fraction of sp³-hybridized carbons (Fsp3) is 0.176. The number of nitrogens with zero attached hydrogens (tertiary/aromatic N) is 6. The van der Waals surface area contributed by atoms with Crippen LogP contribution in [0.15, 0.2) is 58.5 Å². The molecule has 4 rings (SSSR count). The van der Waals surface area contributed by atoms with E-state index in [4.69, 9.17) is 0 Å². The second-order valence-electron chi connectivity index (χ2n) is 6.13. The number of alkyl halides is 3. The Hall–Kier alpha value is -3.63. The number of benzene rings is 1. The van der Waals surface area contributed by atoms with Gasteiger partial charge in [0.25, 0.3) is 0 Å². The van der Waals surface area contributed by atoms with Gasteiger partial charge < -0.3 is 0 Å². The molecule has 0 fully saturated rings. The molecule has 0 saturated carbocycles. The van der Waals surface area contributed by atoms with Crippen molar-refractivity contribution in [2.45, 2.75) is 12.7 Å². The van der Waals surface area contributed by atoms with E-state index in [1.807, 2.05) is 6.07 Å². The summed E-state index contributed by atoms with van der Waals surface area (Å²) in [6, 6.07) is 8.28. The maximum absolute atomic E-state index is 12.7. The molecule has 4 aromatic rings. The summed E-state index contributed by atoms with van der Waals surface area (Å²) in [4.78, 5) is 28.5. The number of hydrogen-bond acceptors (Lipinski definition) is 4. The summed E-state index contributed by atoms with van der Waals surface area (Å²) in [5, 5.41) is 5.04. The average Bonchev–Trinajstić information content (AvgIpc) is 3.16. The Morgan fingerprint density at radius 3 is 2.54 bits per heavy atom. The van der Waals surface area contributed by atoms with Gasteiger partial charge in [-0.3, -0.25) is 4.98 Å². The van der Waals surface area contributed by atoms with Crippen molar-refractivity contribution in [3.05, 3.63) is 69.9 Å². The molecule has 8 nitrogen and oxygen atoms in total. The third-order valence-electron chi connectivity index (χ3n) is 4.20. The van der Waals surface area contributed by atoms with Crippen LogP contribution in [0.3, 0.4) is 0 Å². The quantitative estimate of drug-likeness (QED) is 0.533. The lowest BCUT2D eigenvalue weighted by atomic mass is 10.2. The van der Waals surface area contributed by atoms with Gasteiger partial charge in [-0.1, -0.05) is 0 Å². The zero-order valence-electron chi connectivity index (χ0n) is 14.5. The molecule has 0 saturated heterocycles. The minimum atomic E-state index is -4.68. The number of halogens is 3. The number of hydrogen-bond donors (Lipinski definition) is 0. The van der Waals surface area contributed by atoms with Crippen molar-refractivity contribution in [1.29, 1.82) is 0 Å². The molecule has 0 N–H and O–H groups in total. The van der Waals surface area contributed by atoms with Crippen molar-refractivity contribution in [3.8, 4) is 11.4 Å². The molecule has 0 aliphatic rings. The maximum atomic E-state index is 12.7. The highest BCUT2D eigenvalue weighted by Gasteiger charge is 2.31. The predicted molar refractivity (Wildman–Crippen MR) is 93.7 cm³/mol. The first-order chi connectivity index (χ1) is 13.2. The average molecular weight is 390 g/mol. The summed E-state index contributed by atoms with van der Waals surface area (Å²) < 4.78 is 41.5. The van der Waals surface area contributed by atoms with Gasteiger partial charge in [-0.25, -0.2) is 23.5 Å². The second kappa shape index (κ2) is 6.22. The van der Waals surface area contributed by atoms with Gasteiger partial charge in [0.15, 0.2) is 0 Å². The van der Waals surface area contributed by atoms with E-state index in [0.29, 0.717) is 10.9 Å². The molecule has 0 amide bonds. The number of fused-ring (bicyclic) bond motifs is 1. The van der Waals surface area contributed by atoms with Crippen LogP contribution in [-0.2, 0) is 13.6 Å². The molecular formula is C17H13F3N6O2. The first-order valence-corrected chi connectivity index (χ1v) is 8.10. The molecule has 0 unspecified atom stereocenters. The highest BCUT2D eigenvalue weighted by Crippen LogP contribution is 2.19. The molecule has 0 aliphatic carbocycles. The number of pyridine rings is 1. The van der Waals surface area contributed by atoms with E-state index in [1.54, 1.807) is 41.5 Å². The van der Waals surface area contributed by atoms with E-state index in [-0.39, 0.29) is 10.3 Å². The van der Waals surface area contributed by atoms with Gasteiger partial charge in [-0.15, -0.1) is 0 Å². The zero-order valence-corrected chi connectivity index (χ0v) is 14.5. The lowest BCUT2D eigenvalue weighted by Gasteiger charge is -2.05. The van der Waals surface area contributed by atoms with Gasteiger partial charge >= 0.3 is 17.6 Å². The molecule has 1 aromatic carbocycles. The molecule has 0 bridgehead atoms. The Bertz CT molecular complexity index is 1280. The first kappa shape index (κ1) is 17.8. The summed E-state index contributed by atoms with van der Waals surface area (Å²) in [5.74, 6) is 0. The van der Waals surface area contributed by atoms with Crippen LogP contribution in [0.5, 0.6) is 0 Å².